The topological polar surface area (TPSA) is 120 Å². The van der Waals surface area contributed by atoms with E-state index in [0.29, 0.717) is 6.20 Å². The third-order valence-electron chi connectivity index (χ3n) is 5.07. The van der Waals surface area contributed by atoms with Gasteiger partial charge in [-0.25, -0.2) is 14.1 Å². The Morgan fingerprint density at radius 1 is 1.14 bits per heavy atom. The molecule has 0 radical (unpaired) electrons. The van der Waals surface area contributed by atoms with Crippen LogP contribution in [0.1, 0.15) is 37.8 Å². The summed E-state index contributed by atoms with van der Waals surface area (Å²) >= 11 is 6.24. The van der Waals surface area contributed by atoms with E-state index in [1.165, 1.54) is 32.3 Å². The molecule has 0 unspecified atom stereocenters. The Morgan fingerprint density at radius 3 is 2.54 bits per heavy atom. The Bertz CT molecular complexity index is 1500. The first-order valence-electron chi connectivity index (χ1n) is 10.5. The highest BCUT2D eigenvalue weighted by Crippen LogP contribution is 2.27. The SMILES string of the molecule is CNC(=O)c1cc(F)cc(C)c1NC(=O)c1cc(Cn2ncc(C(F)(F)F)n2)nn1-c1ncccc1Cl. The van der Waals surface area contributed by atoms with Crippen molar-refractivity contribution < 1.29 is 27.2 Å². The van der Waals surface area contributed by atoms with Crippen LogP contribution < -0.4 is 10.6 Å². The van der Waals surface area contributed by atoms with Crippen molar-refractivity contribution in [2.75, 3.05) is 12.4 Å². The highest BCUT2D eigenvalue weighted by molar-refractivity contribution is 6.32. The van der Waals surface area contributed by atoms with Crippen molar-refractivity contribution in [1.82, 2.24) is 35.1 Å². The van der Waals surface area contributed by atoms with Gasteiger partial charge in [0.1, 0.15) is 18.1 Å². The van der Waals surface area contributed by atoms with Gasteiger partial charge in [-0.1, -0.05) is 11.6 Å². The molecule has 0 aliphatic heterocycles. The number of pyridine rings is 1. The number of nitrogens with zero attached hydrogens (tertiary/aromatic N) is 6. The summed E-state index contributed by atoms with van der Waals surface area (Å²) in [5, 5.41) is 16.3. The van der Waals surface area contributed by atoms with E-state index in [0.717, 1.165) is 21.6 Å². The third kappa shape index (κ3) is 5.43. The maximum atomic E-state index is 14.0. The Labute approximate surface area is 211 Å². The van der Waals surface area contributed by atoms with Gasteiger partial charge in [-0.15, -0.1) is 5.10 Å². The number of benzene rings is 1. The van der Waals surface area contributed by atoms with Crippen molar-refractivity contribution in [2.24, 2.45) is 0 Å². The maximum absolute atomic E-state index is 14.0. The molecule has 10 nitrogen and oxygen atoms in total. The van der Waals surface area contributed by atoms with E-state index in [-0.39, 0.29) is 45.6 Å². The lowest BCUT2D eigenvalue weighted by atomic mass is 10.1. The summed E-state index contributed by atoms with van der Waals surface area (Å²) in [5.74, 6) is -2.02. The van der Waals surface area contributed by atoms with Gasteiger partial charge in [-0.05, 0) is 42.8 Å². The summed E-state index contributed by atoms with van der Waals surface area (Å²) < 4.78 is 53.8. The molecule has 0 aliphatic rings. The molecule has 0 atom stereocenters. The molecule has 4 aromatic rings. The molecule has 0 aliphatic carbocycles. The second kappa shape index (κ2) is 9.97. The monoisotopic (exact) mass is 536 g/mol. The van der Waals surface area contributed by atoms with E-state index in [9.17, 15) is 27.2 Å². The highest BCUT2D eigenvalue weighted by atomic mass is 35.5. The van der Waals surface area contributed by atoms with Crippen LogP contribution in [-0.4, -0.2) is 48.6 Å². The number of nitrogens with one attached hydrogen (secondary N) is 2. The Kier molecular flexibility index (Phi) is 6.94. The summed E-state index contributed by atoms with van der Waals surface area (Å²) in [6.45, 7) is 1.19. The molecule has 0 saturated heterocycles. The second-order valence-electron chi connectivity index (χ2n) is 7.68. The van der Waals surface area contributed by atoms with Crippen LogP contribution in [0, 0.1) is 12.7 Å². The molecule has 2 amide bonds. The third-order valence-corrected chi connectivity index (χ3v) is 5.37. The molecule has 3 aromatic heterocycles. The van der Waals surface area contributed by atoms with Gasteiger partial charge in [0.15, 0.2) is 11.5 Å². The second-order valence-corrected chi connectivity index (χ2v) is 8.09. The van der Waals surface area contributed by atoms with E-state index in [1.54, 1.807) is 6.07 Å². The number of halogens is 5. The lowest BCUT2D eigenvalue weighted by molar-refractivity contribution is -0.141. The number of rotatable bonds is 6. The lowest BCUT2D eigenvalue weighted by Crippen LogP contribution is -2.24. The lowest BCUT2D eigenvalue weighted by Gasteiger charge is -2.14. The molecule has 0 fully saturated rings. The molecule has 2 N–H and O–H groups in total. The first kappa shape index (κ1) is 25.8. The Balaban J connectivity index is 1.75. The first-order valence-corrected chi connectivity index (χ1v) is 10.9. The van der Waals surface area contributed by atoms with Gasteiger partial charge in [0.25, 0.3) is 11.8 Å². The van der Waals surface area contributed by atoms with Crippen LogP contribution in [0.4, 0.5) is 23.2 Å². The number of amides is 2. The van der Waals surface area contributed by atoms with Gasteiger partial charge in [0, 0.05) is 13.2 Å². The molecule has 192 valence electrons. The predicted octanol–water partition coefficient (Wildman–Crippen LogP) is 3.64. The zero-order valence-corrected chi connectivity index (χ0v) is 19.9. The molecular weight excluding hydrogens is 520 g/mol. The normalized spacial score (nSPS) is 11.4. The van der Waals surface area contributed by atoms with Crippen LogP contribution in [0.2, 0.25) is 5.02 Å². The van der Waals surface area contributed by atoms with Crippen molar-refractivity contribution in [2.45, 2.75) is 19.6 Å². The summed E-state index contributed by atoms with van der Waals surface area (Å²) in [7, 11) is 1.35. The molecule has 15 heteroatoms. The van der Waals surface area contributed by atoms with E-state index < -0.39 is 29.5 Å². The number of carbonyl (C=O) groups is 2. The molecule has 3 heterocycles. The molecular formula is C22H17ClF4N8O2. The van der Waals surface area contributed by atoms with Crippen LogP contribution >= 0.6 is 11.6 Å². The number of anilines is 1. The average Bonchev–Trinajstić information content (AvgIpc) is 3.48. The smallest absolute Gasteiger partial charge is 0.355 e. The van der Waals surface area contributed by atoms with E-state index in [4.69, 9.17) is 11.6 Å². The fourth-order valence-electron chi connectivity index (χ4n) is 3.41. The number of alkyl halides is 3. The summed E-state index contributed by atoms with van der Waals surface area (Å²) in [6, 6.07) is 6.46. The van der Waals surface area contributed by atoms with Gasteiger partial charge < -0.3 is 10.6 Å². The quantitative estimate of drug-likeness (QED) is 0.363. The van der Waals surface area contributed by atoms with Crippen LogP contribution in [0.3, 0.4) is 0 Å². The Morgan fingerprint density at radius 2 is 1.89 bits per heavy atom. The van der Waals surface area contributed by atoms with Crippen molar-refractivity contribution in [3.63, 3.8) is 0 Å². The first-order chi connectivity index (χ1) is 17.5. The summed E-state index contributed by atoms with van der Waals surface area (Å²) in [6.07, 6.45) is -2.71. The Hall–Kier alpha value is -4.33. The molecule has 1 aromatic carbocycles. The summed E-state index contributed by atoms with van der Waals surface area (Å²) in [5.41, 5.74) is -0.990. The van der Waals surface area contributed by atoms with Crippen LogP contribution in [0.25, 0.3) is 5.82 Å². The average molecular weight is 537 g/mol. The molecule has 0 bridgehead atoms. The van der Waals surface area contributed by atoms with Gasteiger partial charge >= 0.3 is 6.18 Å². The highest BCUT2D eigenvalue weighted by Gasteiger charge is 2.34. The van der Waals surface area contributed by atoms with E-state index in [1.807, 2.05) is 0 Å². The maximum Gasteiger partial charge on any atom is 0.436 e. The summed E-state index contributed by atoms with van der Waals surface area (Å²) in [4.78, 5) is 30.6. The van der Waals surface area contributed by atoms with E-state index in [2.05, 4.69) is 30.9 Å². The molecule has 37 heavy (non-hydrogen) atoms. The fraction of sp³-hybridized carbons (Fsp3) is 0.182. The largest absolute Gasteiger partial charge is 0.436 e. The number of hydrogen-bond acceptors (Lipinski definition) is 6. The minimum Gasteiger partial charge on any atom is -0.355 e. The minimum absolute atomic E-state index is 0.0516. The van der Waals surface area contributed by atoms with Gasteiger partial charge in [0.05, 0.1) is 28.2 Å². The minimum atomic E-state index is -4.68. The molecule has 0 spiro atoms. The number of hydrogen-bond donors (Lipinski definition) is 2. The van der Waals surface area contributed by atoms with Gasteiger partial charge in [0.2, 0.25) is 0 Å². The standard InChI is InChI=1S/C22H17ClF4N8O2/c1-11-6-12(24)7-14(20(36)28-2)18(11)31-21(37)16-8-13(10-34-30-9-17(33-34)22(25,26)27)32-35(16)19-15(23)4-3-5-29-19/h3-9H,10H2,1-2H3,(H,28,36)(H,31,37). The number of aromatic nitrogens is 6. The van der Waals surface area contributed by atoms with Crippen molar-refractivity contribution in [3.8, 4) is 5.82 Å². The zero-order valence-electron chi connectivity index (χ0n) is 19.1. The zero-order chi connectivity index (χ0) is 26.9. The van der Waals surface area contributed by atoms with Crippen LogP contribution in [-0.2, 0) is 12.7 Å². The van der Waals surface area contributed by atoms with Gasteiger partial charge in [-0.2, -0.15) is 28.2 Å². The number of carbonyl (C=O) groups excluding carboxylic acids is 2. The van der Waals surface area contributed by atoms with E-state index >= 15 is 0 Å². The van der Waals surface area contributed by atoms with Crippen LogP contribution in [0.5, 0.6) is 0 Å². The van der Waals surface area contributed by atoms with Crippen molar-refractivity contribution in [3.05, 3.63) is 81.8 Å². The van der Waals surface area contributed by atoms with Crippen molar-refractivity contribution >= 4 is 29.1 Å². The van der Waals surface area contributed by atoms with Crippen molar-refractivity contribution in [1.29, 1.82) is 0 Å². The number of aryl methyl sites for hydroxylation is 1. The molecule has 0 saturated carbocycles. The van der Waals surface area contributed by atoms with Crippen LogP contribution in [0.15, 0.2) is 42.7 Å². The molecule has 4 rings (SSSR count). The van der Waals surface area contributed by atoms with Gasteiger partial charge in [-0.3, -0.25) is 9.59 Å². The fourth-order valence-corrected chi connectivity index (χ4v) is 3.61. The predicted molar refractivity (Wildman–Crippen MR) is 123 cm³/mol.